The number of hydrogen-bond donors (Lipinski definition) is 1. The highest BCUT2D eigenvalue weighted by atomic mass is 16.6. The first-order chi connectivity index (χ1) is 6.11. The summed E-state index contributed by atoms with van der Waals surface area (Å²) < 4.78 is 9.80. The minimum absolute atomic E-state index is 0.200. The predicted octanol–water partition coefficient (Wildman–Crippen LogP) is 0.501. The lowest BCUT2D eigenvalue weighted by molar-refractivity contribution is -0.162. The highest BCUT2D eigenvalue weighted by Gasteiger charge is 2.19. The Bertz CT molecular complexity index is 165. The Labute approximate surface area is 78.2 Å². The standard InChI is InChI=1S/C9H16O4/c1-4-5-12-8(6-10)9(11)13-7(2)3/h4,7-8,10H,1,5-6H2,2-3H3. The molecule has 0 rings (SSSR count). The Morgan fingerprint density at radius 1 is 1.62 bits per heavy atom. The van der Waals surface area contributed by atoms with Crippen molar-refractivity contribution < 1.29 is 19.4 Å². The van der Waals surface area contributed by atoms with Crippen LogP contribution in [0.2, 0.25) is 0 Å². The fourth-order valence-electron chi connectivity index (χ4n) is 0.688. The van der Waals surface area contributed by atoms with Crippen molar-refractivity contribution >= 4 is 5.97 Å². The minimum atomic E-state index is -0.902. The number of carbonyl (C=O) groups is 1. The summed E-state index contributed by atoms with van der Waals surface area (Å²) in [5, 5.41) is 8.78. The van der Waals surface area contributed by atoms with E-state index in [1.165, 1.54) is 6.08 Å². The third-order valence-corrected chi connectivity index (χ3v) is 1.20. The number of aliphatic hydroxyl groups excluding tert-OH is 1. The number of aliphatic hydroxyl groups is 1. The fraction of sp³-hybridized carbons (Fsp3) is 0.667. The van der Waals surface area contributed by atoms with Gasteiger partial charge in [-0.05, 0) is 13.8 Å². The van der Waals surface area contributed by atoms with Crippen LogP contribution in [0.15, 0.2) is 12.7 Å². The highest BCUT2D eigenvalue weighted by molar-refractivity contribution is 5.74. The van der Waals surface area contributed by atoms with Crippen molar-refractivity contribution in [3.63, 3.8) is 0 Å². The zero-order chi connectivity index (χ0) is 10.3. The van der Waals surface area contributed by atoms with E-state index in [-0.39, 0.29) is 19.3 Å². The second-order valence-electron chi connectivity index (χ2n) is 2.78. The predicted molar refractivity (Wildman–Crippen MR) is 48.3 cm³/mol. The van der Waals surface area contributed by atoms with Crippen molar-refractivity contribution in [2.45, 2.75) is 26.1 Å². The summed E-state index contributed by atoms with van der Waals surface area (Å²) in [5.41, 5.74) is 0. The summed E-state index contributed by atoms with van der Waals surface area (Å²) in [6.07, 6.45) is 0.403. The van der Waals surface area contributed by atoms with Crippen LogP contribution >= 0.6 is 0 Å². The molecule has 0 saturated carbocycles. The molecule has 76 valence electrons. The summed E-state index contributed by atoms with van der Waals surface area (Å²) >= 11 is 0. The largest absolute Gasteiger partial charge is 0.461 e. The lowest BCUT2D eigenvalue weighted by atomic mass is 10.3. The van der Waals surface area contributed by atoms with Crippen LogP contribution in [-0.2, 0) is 14.3 Å². The Morgan fingerprint density at radius 2 is 2.23 bits per heavy atom. The Kier molecular flexibility index (Phi) is 6.18. The molecule has 0 radical (unpaired) electrons. The topological polar surface area (TPSA) is 55.8 Å². The summed E-state index contributed by atoms with van der Waals surface area (Å²) in [7, 11) is 0. The van der Waals surface area contributed by atoms with E-state index >= 15 is 0 Å². The van der Waals surface area contributed by atoms with Crippen LogP contribution in [0.5, 0.6) is 0 Å². The quantitative estimate of drug-likeness (QED) is 0.487. The second-order valence-corrected chi connectivity index (χ2v) is 2.78. The molecule has 0 aromatic rings. The van der Waals surface area contributed by atoms with Gasteiger partial charge in [0.1, 0.15) is 0 Å². The van der Waals surface area contributed by atoms with Gasteiger partial charge in [-0.2, -0.15) is 0 Å². The molecule has 0 aliphatic heterocycles. The van der Waals surface area contributed by atoms with Gasteiger partial charge in [0.25, 0.3) is 0 Å². The van der Waals surface area contributed by atoms with Gasteiger partial charge >= 0.3 is 5.97 Å². The molecular formula is C9H16O4. The van der Waals surface area contributed by atoms with Gasteiger partial charge in [-0.1, -0.05) is 6.08 Å². The van der Waals surface area contributed by atoms with Crippen LogP contribution < -0.4 is 0 Å². The maximum absolute atomic E-state index is 11.1. The number of hydrogen-bond acceptors (Lipinski definition) is 4. The fourth-order valence-corrected chi connectivity index (χ4v) is 0.688. The van der Waals surface area contributed by atoms with E-state index in [1.54, 1.807) is 13.8 Å². The first-order valence-electron chi connectivity index (χ1n) is 4.15. The molecule has 0 fully saturated rings. The van der Waals surface area contributed by atoms with E-state index in [2.05, 4.69) is 6.58 Å². The number of esters is 1. The van der Waals surface area contributed by atoms with Crippen molar-refractivity contribution in [2.24, 2.45) is 0 Å². The number of rotatable bonds is 6. The Balaban J connectivity index is 3.91. The van der Waals surface area contributed by atoms with E-state index in [1.807, 2.05) is 0 Å². The summed E-state index contributed by atoms with van der Waals surface area (Å²) in [6.45, 7) is 6.75. The maximum Gasteiger partial charge on any atom is 0.337 e. The smallest absolute Gasteiger partial charge is 0.337 e. The highest BCUT2D eigenvalue weighted by Crippen LogP contribution is 1.98. The van der Waals surface area contributed by atoms with Crippen LogP contribution in [0, 0.1) is 0 Å². The van der Waals surface area contributed by atoms with Crippen molar-refractivity contribution in [1.82, 2.24) is 0 Å². The third-order valence-electron chi connectivity index (χ3n) is 1.20. The van der Waals surface area contributed by atoms with Crippen molar-refractivity contribution in [3.05, 3.63) is 12.7 Å². The molecule has 4 heteroatoms. The average Bonchev–Trinajstić information content (AvgIpc) is 2.04. The lowest BCUT2D eigenvalue weighted by Crippen LogP contribution is -2.31. The van der Waals surface area contributed by atoms with E-state index in [4.69, 9.17) is 14.6 Å². The lowest BCUT2D eigenvalue weighted by Gasteiger charge is -2.15. The summed E-state index contributed by atoms with van der Waals surface area (Å²) in [4.78, 5) is 11.1. The summed E-state index contributed by atoms with van der Waals surface area (Å²) in [6, 6.07) is 0. The SMILES string of the molecule is C=CCOC(CO)C(=O)OC(C)C. The van der Waals surface area contributed by atoms with Crippen LogP contribution in [0.25, 0.3) is 0 Å². The zero-order valence-corrected chi connectivity index (χ0v) is 8.03. The van der Waals surface area contributed by atoms with E-state index in [9.17, 15) is 4.79 Å². The molecule has 0 aromatic carbocycles. The van der Waals surface area contributed by atoms with Crippen LogP contribution in [0.1, 0.15) is 13.8 Å². The molecule has 4 nitrogen and oxygen atoms in total. The molecule has 0 aliphatic rings. The summed E-state index contributed by atoms with van der Waals surface area (Å²) in [5.74, 6) is -0.542. The Hall–Kier alpha value is -0.870. The van der Waals surface area contributed by atoms with Gasteiger partial charge in [-0.15, -0.1) is 6.58 Å². The molecule has 1 N–H and O–H groups in total. The molecule has 13 heavy (non-hydrogen) atoms. The van der Waals surface area contributed by atoms with Gasteiger partial charge in [-0.25, -0.2) is 4.79 Å². The molecule has 1 atom stereocenters. The Morgan fingerprint density at radius 3 is 2.62 bits per heavy atom. The average molecular weight is 188 g/mol. The second kappa shape index (κ2) is 6.62. The van der Waals surface area contributed by atoms with Gasteiger partial charge in [0.05, 0.1) is 19.3 Å². The molecule has 0 heterocycles. The zero-order valence-electron chi connectivity index (χ0n) is 8.03. The van der Waals surface area contributed by atoms with Crippen LogP contribution in [0.4, 0.5) is 0 Å². The van der Waals surface area contributed by atoms with Crippen molar-refractivity contribution in [2.75, 3.05) is 13.2 Å². The van der Waals surface area contributed by atoms with Crippen molar-refractivity contribution in [3.8, 4) is 0 Å². The molecule has 0 spiro atoms. The first kappa shape index (κ1) is 12.1. The first-order valence-corrected chi connectivity index (χ1v) is 4.15. The molecular weight excluding hydrogens is 172 g/mol. The minimum Gasteiger partial charge on any atom is -0.461 e. The molecule has 0 bridgehead atoms. The van der Waals surface area contributed by atoms with Crippen molar-refractivity contribution in [1.29, 1.82) is 0 Å². The van der Waals surface area contributed by atoms with E-state index in [0.717, 1.165) is 0 Å². The van der Waals surface area contributed by atoms with Gasteiger partial charge in [0.2, 0.25) is 0 Å². The molecule has 0 aliphatic carbocycles. The van der Waals surface area contributed by atoms with Gasteiger partial charge in [0.15, 0.2) is 6.10 Å². The molecule has 0 aromatic heterocycles. The van der Waals surface area contributed by atoms with Gasteiger partial charge < -0.3 is 14.6 Å². The molecule has 0 amide bonds. The van der Waals surface area contributed by atoms with E-state index < -0.39 is 12.1 Å². The normalized spacial score (nSPS) is 12.6. The third kappa shape index (κ3) is 5.38. The van der Waals surface area contributed by atoms with E-state index in [0.29, 0.717) is 0 Å². The maximum atomic E-state index is 11.1. The van der Waals surface area contributed by atoms with Crippen LogP contribution in [0.3, 0.4) is 0 Å². The molecule has 0 saturated heterocycles. The van der Waals surface area contributed by atoms with Gasteiger partial charge in [-0.3, -0.25) is 0 Å². The van der Waals surface area contributed by atoms with Crippen LogP contribution in [-0.4, -0.2) is 36.5 Å². The number of ether oxygens (including phenoxy) is 2. The monoisotopic (exact) mass is 188 g/mol. The van der Waals surface area contributed by atoms with Gasteiger partial charge in [0, 0.05) is 0 Å². The number of carbonyl (C=O) groups excluding carboxylic acids is 1. The molecule has 1 unspecified atom stereocenters.